The molecule has 0 aromatic heterocycles. The van der Waals surface area contributed by atoms with Gasteiger partial charge in [-0.1, -0.05) is 103 Å². The first-order chi connectivity index (χ1) is 28.4. The predicted molar refractivity (Wildman–Crippen MR) is 234 cm³/mol. The number of nitrogens with two attached hydrogens (primary N) is 2. The van der Waals surface area contributed by atoms with Crippen LogP contribution in [0.5, 0.6) is 0 Å². The smallest absolute Gasteiger partial charge is 0.314 e. The summed E-state index contributed by atoms with van der Waals surface area (Å²) in [6.07, 6.45) is 35.1. The van der Waals surface area contributed by atoms with E-state index >= 15 is 0 Å². The monoisotopic (exact) mass is 815 g/mol. The number of hydrogen-bond donors (Lipinski definition) is 4. The number of esters is 1. The van der Waals surface area contributed by atoms with Gasteiger partial charge in [0.25, 0.3) is 0 Å². The highest BCUT2D eigenvalue weighted by molar-refractivity contribution is 5.76. The zero-order valence-corrected chi connectivity index (χ0v) is 37.0. The molecule has 0 saturated carbocycles. The van der Waals surface area contributed by atoms with Crippen molar-refractivity contribution in [2.24, 2.45) is 17.4 Å². The molecule has 8 atom stereocenters. The first-order valence-corrected chi connectivity index (χ1v) is 24.6. The maximum Gasteiger partial charge on any atom is 0.314 e. The molecule has 11 heteroatoms. The van der Waals surface area contributed by atoms with Gasteiger partial charge in [-0.2, -0.15) is 0 Å². The number of ether oxygens (including phenoxy) is 3. The number of nitrogens with zero attached hydrogens (tertiary/aromatic N) is 2. The fourth-order valence-corrected chi connectivity index (χ4v) is 10.9. The summed E-state index contributed by atoms with van der Waals surface area (Å²) in [6, 6.07) is 0.496. The summed E-state index contributed by atoms with van der Waals surface area (Å²) in [5, 5.41) is 7.89. The summed E-state index contributed by atoms with van der Waals surface area (Å²) in [7, 11) is 0. The molecule has 6 N–H and O–H groups in total. The number of rotatable bonds is 28. The van der Waals surface area contributed by atoms with Crippen LogP contribution in [0.15, 0.2) is 12.2 Å². The Balaban J connectivity index is 0.953. The zero-order valence-electron chi connectivity index (χ0n) is 37.0. The van der Waals surface area contributed by atoms with Gasteiger partial charge in [-0.05, 0) is 103 Å². The molecular weight excluding hydrogens is 729 g/mol. The first kappa shape index (κ1) is 47.4. The fourth-order valence-electron chi connectivity index (χ4n) is 10.9. The molecular formula is C47H86N6O5. The summed E-state index contributed by atoms with van der Waals surface area (Å²) in [5.74, 6) is -0.102. The van der Waals surface area contributed by atoms with E-state index < -0.39 is 5.72 Å². The minimum atomic E-state index is -0.709. The van der Waals surface area contributed by atoms with E-state index in [-0.39, 0.29) is 48.1 Å². The Hall–Kier alpha value is -1.60. The highest BCUT2D eigenvalue weighted by Gasteiger charge is 2.64. The van der Waals surface area contributed by atoms with Crippen molar-refractivity contribution in [2.45, 2.75) is 236 Å². The van der Waals surface area contributed by atoms with Crippen molar-refractivity contribution in [3.05, 3.63) is 12.2 Å². The van der Waals surface area contributed by atoms with Gasteiger partial charge in [-0.15, -0.1) is 0 Å². The van der Waals surface area contributed by atoms with Crippen molar-refractivity contribution >= 4 is 11.9 Å². The van der Waals surface area contributed by atoms with Crippen molar-refractivity contribution in [1.82, 2.24) is 20.4 Å². The Kier molecular flexibility index (Phi) is 20.7. The molecule has 5 aliphatic heterocycles. The molecule has 1 unspecified atom stereocenters. The minimum Gasteiger partial charge on any atom is -0.465 e. The summed E-state index contributed by atoms with van der Waals surface area (Å²) in [6.45, 7) is 7.81. The van der Waals surface area contributed by atoms with Crippen molar-refractivity contribution in [3.63, 3.8) is 0 Å². The lowest BCUT2D eigenvalue weighted by molar-refractivity contribution is -0.253. The van der Waals surface area contributed by atoms with Crippen LogP contribution in [0.4, 0.5) is 0 Å². The Labute approximate surface area is 353 Å². The molecule has 0 aromatic rings. The molecule has 0 aromatic carbocycles. The number of unbranched alkanes of at least 4 members (excludes halogenated alkanes) is 13. The third kappa shape index (κ3) is 13.7. The summed E-state index contributed by atoms with van der Waals surface area (Å²) >= 11 is 0. The second kappa shape index (κ2) is 25.4. The molecule has 0 aliphatic carbocycles. The average molecular weight is 815 g/mol. The SMILES string of the molecule is CC/C=C/[C@@H]1CC[C@]2(C[C@H]3CC[C@H]4[C@@H](C(=O)OCCCCCCCCCCCCCCCC(=O)N(CCCN)CCCCN)[C@@]5(CCC[C@H](CCC)O5)NC(N2)N34)O1. The van der Waals surface area contributed by atoms with Crippen LogP contribution in [0.3, 0.4) is 0 Å². The number of allylic oxidation sites excluding steroid dienone is 1. The van der Waals surface area contributed by atoms with E-state index in [2.05, 4.69) is 41.5 Å². The first-order valence-electron chi connectivity index (χ1n) is 24.6. The second-order valence-corrected chi connectivity index (χ2v) is 18.5. The summed E-state index contributed by atoms with van der Waals surface area (Å²) in [5.41, 5.74) is 10.3. The Morgan fingerprint density at radius 1 is 0.793 bits per heavy atom. The van der Waals surface area contributed by atoms with Gasteiger partial charge in [0.1, 0.15) is 23.7 Å². The number of carbonyl (C=O) groups is 2. The molecule has 1 amide bonds. The molecule has 0 radical (unpaired) electrons. The fraction of sp³-hybridized carbons (Fsp3) is 0.915. The van der Waals surface area contributed by atoms with E-state index in [1.165, 1.54) is 57.8 Å². The number of carbonyl (C=O) groups excluding carboxylic acids is 2. The van der Waals surface area contributed by atoms with Crippen LogP contribution in [0.2, 0.25) is 0 Å². The van der Waals surface area contributed by atoms with E-state index in [0.29, 0.717) is 32.2 Å². The maximum absolute atomic E-state index is 14.2. The Morgan fingerprint density at radius 3 is 2.17 bits per heavy atom. The normalized spacial score (nSPS) is 30.8. The van der Waals surface area contributed by atoms with Gasteiger partial charge < -0.3 is 30.6 Å². The quantitative estimate of drug-likeness (QED) is 0.0347. The largest absolute Gasteiger partial charge is 0.465 e. The molecule has 5 fully saturated rings. The van der Waals surface area contributed by atoms with E-state index in [9.17, 15) is 9.59 Å². The van der Waals surface area contributed by atoms with Crippen LogP contribution in [0.25, 0.3) is 0 Å². The molecule has 5 rings (SSSR count). The van der Waals surface area contributed by atoms with Gasteiger partial charge in [-0.25, -0.2) is 0 Å². The van der Waals surface area contributed by atoms with Crippen LogP contribution in [-0.2, 0) is 23.8 Å². The van der Waals surface area contributed by atoms with Gasteiger partial charge in [0.05, 0.1) is 18.8 Å². The van der Waals surface area contributed by atoms with Crippen molar-refractivity contribution in [2.75, 3.05) is 32.8 Å². The maximum atomic E-state index is 14.2. The lowest BCUT2D eigenvalue weighted by Crippen LogP contribution is -2.81. The molecule has 5 saturated heterocycles. The van der Waals surface area contributed by atoms with Gasteiger partial charge in [0, 0.05) is 38.0 Å². The highest BCUT2D eigenvalue weighted by Crippen LogP contribution is 2.50. The number of nitrogens with one attached hydrogen (secondary N) is 2. The standard InChI is InChI=1S/C47H86N6O5/c1-3-5-24-40-29-31-46(57-40)37-38-27-28-41-43(47(51-45(50-46)53(38)41)30-21-25-39(58-47)23-4-2)44(55)56-36-20-16-14-12-10-8-6-7-9-11-13-15-17-26-42(54)52(35-22-33-49)34-19-18-32-48/h5,24,38-41,43,45,50-51H,3-4,6-23,25-37,48-49H2,1-2H3/b24-5+/t38-,39+,40-,41+,43+,45?,46-,47+/m1/s1. The third-order valence-electron chi connectivity index (χ3n) is 13.9. The molecule has 334 valence electrons. The van der Waals surface area contributed by atoms with Crippen molar-refractivity contribution in [1.29, 1.82) is 0 Å². The van der Waals surface area contributed by atoms with Crippen LogP contribution < -0.4 is 22.1 Å². The highest BCUT2D eigenvalue weighted by atomic mass is 16.6. The van der Waals surface area contributed by atoms with Crippen LogP contribution in [0, 0.1) is 5.92 Å². The van der Waals surface area contributed by atoms with Crippen LogP contribution in [0.1, 0.15) is 194 Å². The lowest BCUT2D eigenvalue weighted by atomic mass is 9.79. The van der Waals surface area contributed by atoms with Crippen LogP contribution >= 0.6 is 0 Å². The molecule has 2 spiro atoms. The van der Waals surface area contributed by atoms with Crippen LogP contribution in [-0.4, -0.2) is 96.5 Å². The van der Waals surface area contributed by atoms with Crippen molar-refractivity contribution in [3.8, 4) is 0 Å². The second-order valence-electron chi connectivity index (χ2n) is 18.5. The van der Waals surface area contributed by atoms with E-state index in [1.807, 2.05) is 4.90 Å². The van der Waals surface area contributed by atoms with Crippen molar-refractivity contribution < 1.29 is 23.8 Å². The minimum absolute atomic E-state index is 0.0663. The molecule has 0 bridgehead atoms. The number of hydrogen-bond acceptors (Lipinski definition) is 10. The lowest BCUT2D eigenvalue weighted by Gasteiger charge is -2.60. The summed E-state index contributed by atoms with van der Waals surface area (Å²) < 4.78 is 20.0. The summed E-state index contributed by atoms with van der Waals surface area (Å²) in [4.78, 5) is 31.4. The molecule has 58 heavy (non-hydrogen) atoms. The van der Waals surface area contributed by atoms with E-state index in [1.54, 1.807) is 0 Å². The Bertz CT molecular complexity index is 1220. The van der Waals surface area contributed by atoms with Gasteiger partial charge in [0.2, 0.25) is 5.91 Å². The topological polar surface area (TPSA) is 144 Å². The molecule has 5 aliphatic rings. The van der Waals surface area contributed by atoms with E-state index in [0.717, 1.165) is 129 Å². The van der Waals surface area contributed by atoms with Gasteiger partial charge in [-0.3, -0.25) is 25.1 Å². The molecule has 5 heterocycles. The van der Waals surface area contributed by atoms with Gasteiger partial charge in [0.15, 0.2) is 0 Å². The molecule has 11 nitrogen and oxygen atoms in total. The average Bonchev–Trinajstić information content (AvgIpc) is 3.81. The van der Waals surface area contributed by atoms with E-state index in [4.69, 9.17) is 25.7 Å². The van der Waals surface area contributed by atoms with Gasteiger partial charge >= 0.3 is 5.97 Å². The Morgan fingerprint density at radius 2 is 1.48 bits per heavy atom. The number of amides is 1. The predicted octanol–water partition coefficient (Wildman–Crippen LogP) is 8.14. The zero-order chi connectivity index (χ0) is 41.1. The third-order valence-corrected chi connectivity index (χ3v) is 13.9.